The lowest BCUT2D eigenvalue weighted by atomic mass is 10.3. The van der Waals surface area contributed by atoms with Crippen molar-refractivity contribution >= 4 is 17.5 Å². The Labute approximate surface area is 108 Å². The van der Waals surface area contributed by atoms with Gasteiger partial charge < -0.3 is 4.74 Å². The molecule has 0 aliphatic rings. The van der Waals surface area contributed by atoms with Crippen molar-refractivity contribution in [2.24, 2.45) is 0 Å². The summed E-state index contributed by atoms with van der Waals surface area (Å²) in [4.78, 5) is 25.4. The summed E-state index contributed by atoms with van der Waals surface area (Å²) in [5.41, 5.74) is 0.158. The maximum absolute atomic E-state index is 11.5. The Morgan fingerprint density at radius 3 is 2.79 bits per heavy atom. The molecule has 1 aromatic carbocycles. The number of anilines is 1. The fourth-order valence-corrected chi connectivity index (χ4v) is 1.34. The molecular weight excluding hydrogens is 250 g/mol. The van der Waals surface area contributed by atoms with Gasteiger partial charge in [-0.3, -0.25) is 15.4 Å². The van der Waals surface area contributed by atoms with Crippen molar-refractivity contribution < 1.29 is 14.5 Å². The van der Waals surface area contributed by atoms with Crippen LogP contribution in [0, 0.1) is 10.1 Å². The minimum atomic E-state index is -0.765. The van der Waals surface area contributed by atoms with Crippen LogP contribution in [0.15, 0.2) is 48.7 Å². The van der Waals surface area contributed by atoms with E-state index in [1.54, 1.807) is 12.1 Å². The minimum absolute atomic E-state index is 0.115. The van der Waals surface area contributed by atoms with Gasteiger partial charge in [-0.15, -0.1) is 0 Å². The molecule has 0 saturated heterocycles. The first kappa shape index (κ1) is 12.5. The lowest BCUT2D eigenvalue weighted by molar-refractivity contribution is -0.384. The Bertz CT molecular complexity index is 601. The third-order valence-electron chi connectivity index (χ3n) is 2.14. The number of nitro groups is 1. The maximum atomic E-state index is 11.5. The number of nitro benzene ring substituents is 1. The van der Waals surface area contributed by atoms with Gasteiger partial charge in [-0.25, -0.2) is 9.78 Å². The van der Waals surface area contributed by atoms with Gasteiger partial charge in [0.05, 0.1) is 10.6 Å². The Hall–Kier alpha value is -2.96. The number of hydrogen-bond acceptors (Lipinski definition) is 5. The molecule has 0 saturated carbocycles. The van der Waals surface area contributed by atoms with Crippen LogP contribution in [-0.2, 0) is 0 Å². The molecule has 0 fully saturated rings. The molecule has 0 radical (unpaired) electrons. The maximum Gasteiger partial charge on any atom is 0.418 e. The molecule has 7 nitrogen and oxygen atoms in total. The molecule has 1 heterocycles. The summed E-state index contributed by atoms with van der Waals surface area (Å²) in [7, 11) is 0. The smallest absolute Gasteiger partial charge is 0.391 e. The first-order chi connectivity index (χ1) is 9.15. The Balaban J connectivity index is 2.03. The number of amides is 1. The summed E-state index contributed by atoms with van der Waals surface area (Å²) in [6.07, 6.45) is 0.717. The summed E-state index contributed by atoms with van der Waals surface area (Å²) >= 11 is 0. The first-order valence-electron chi connectivity index (χ1n) is 5.29. The van der Waals surface area contributed by atoms with Crippen molar-refractivity contribution in [1.82, 2.24) is 4.98 Å². The minimum Gasteiger partial charge on any atom is -0.391 e. The summed E-state index contributed by atoms with van der Waals surface area (Å²) < 4.78 is 4.89. The summed E-state index contributed by atoms with van der Waals surface area (Å²) in [6.45, 7) is 0. The third kappa shape index (κ3) is 3.50. The topological polar surface area (TPSA) is 94.4 Å². The van der Waals surface area contributed by atoms with E-state index >= 15 is 0 Å². The largest absolute Gasteiger partial charge is 0.418 e. The molecule has 19 heavy (non-hydrogen) atoms. The fourth-order valence-electron chi connectivity index (χ4n) is 1.34. The van der Waals surface area contributed by atoms with Gasteiger partial charge in [0.2, 0.25) is 5.88 Å². The number of ether oxygens (including phenoxy) is 1. The van der Waals surface area contributed by atoms with E-state index in [1.165, 1.54) is 36.5 Å². The van der Waals surface area contributed by atoms with Gasteiger partial charge in [0.1, 0.15) is 0 Å². The highest BCUT2D eigenvalue weighted by atomic mass is 16.6. The Morgan fingerprint density at radius 2 is 2.11 bits per heavy atom. The van der Waals surface area contributed by atoms with Crippen LogP contribution < -0.4 is 10.1 Å². The van der Waals surface area contributed by atoms with Gasteiger partial charge in [-0.1, -0.05) is 12.1 Å². The molecular formula is C12H9N3O4. The van der Waals surface area contributed by atoms with E-state index in [0.29, 0.717) is 0 Å². The Morgan fingerprint density at radius 1 is 1.26 bits per heavy atom. The summed E-state index contributed by atoms with van der Waals surface area (Å²) in [6, 6.07) is 10.4. The highest BCUT2D eigenvalue weighted by molar-refractivity contribution is 5.86. The molecule has 1 aromatic heterocycles. The number of nitrogens with one attached hydrogen (secondary N) is 1. The number of carbonyl (C=O) groups is 1. The van der Waals surface area contributed by atoms with Gasteiger partial charge in [0, 0.05) is 24.4 Å². The van der Waals surface area contributed by atoms with Gasteiger partial charge in [-0.05, 0) is 12.1 Å². The van der Waals surface area contributed by atoms with Crippen molar-refractivity contribution in [2.45, 2.75) is 0 Å². The fraction of sp³-hybridized carbons (Fsp3) is 0. The molecule has 0 spiro atoms. The number of hydrogen-bond donors (Lipinski definition) is 1. The molecule has 0 bridgehead atoms. The van der Waals surface area contributed by atoms with Gasteiger partial charge in [-0.2, -0.15) is 0 Å². The van der Waals surface area contributed by atoms with Crippen LogP contribution in [0.25, 0.3) is 0 Å². The summed E-state index contributed by atoms with van der Waals surface area (Å²) in [5, 5.41) is 13.0. The molecule has 7 heteroatoms. The molecule has 0 atom stereocenters. The quantitative estimate of drug-likeness (QED) is 0.675. The highest BCUT2D eigenvalue weighted by Gasteiger charge is 2.09. The number of benzene rings is 1. The second-order valence-electron chi connectivity index (χ2n) is 3.49. The van der Waals surface area contributed by atoms with Crippen LogP contribution in [0.5, 0.6) is 5.88 Å². The normalized spacial score (nSPS) is 9.68. The predicted molar refractivity (Wildman–Crippen MR) is 67.0 cm³/mol. The van der Waals surface area contributed by atoms with E-state index in [2.05, 4.69) is 10.3 Å². The zero-order valence-corrected chi connectivity index (χ0v) is 9.65. The van der Waals surface area contributed by atoms with E-state index in [4.69, 9.17) is 4.74 Å². The zero-order valence-electron chi connectivity index (χ0n) is 9.65. The number of non-ortho nitro benzene ring substituents is 1. The Kier molecular flexibility index (Phi) is 3.67. The number of carbonyl (C=O) groups excluding carboxylic acids is 1. The molecule has 1 N–H and O–H groups in total. The average Bonchev–Trinajstić information content (AvgIpc) is 2.40. The number of nitrogens with zero attached hydrogens (tertiary/aromatic N) is 2. The SMILES string of the molecule is O=C(Nc1cccc([N+](=O)[O-])c1)Oc1ccccn1. The molecule has 2 rings (SSSR count). The summed E-state index contributed by atoms with van der Waals surface area (Å²) in [5.74, 6) is 0.144. The van der Waals surface area contributed by atoms with Crippen LogP contribution in [0.1, 0.15) is 0 Å². The molecule has 0 aliphatic heterocycles. The van der Waals surface area contributed by atoms with Crippen LogP contribution in [0.2, 0.25) is 0 Å². The molecule has 1 amide bonds. The van der Waals surface area contributed by atoms with E-state index in [1.807, 2.05) is 0 Å². The molecule has 2 aromatic rings. The number of pyridine rings is 1. The second kappa shape index (κ2) is 5.58. The van der Waals surface area contributed by atoms with Gasteiger partial charge in [0.15, 0.2) is 0 Å². The van der Waals surface area contributed by atoms with E-state index in [-0.39, 0.29) is 17.3 Å². The van der Waals surface area contributed by atoms with Crippen LogP contribution in [0.3, 0.4) is 0 Å². The average molecular weight is 259 g/mol. The zero-order chi connectivity index (χ0) is 13.7. The van der Waals surface area contributed by atoms with Crippen molar-refractivity contribution in [3.8, 4) is 5.88 Å². The van der Waals surface area contributed by atoms with Gasteiger partial charge >= 0.3 is 6.09 Å². The van der Waals surface area contributed by atoms with Crippen molar-refractivity contribution in [3.63, 3.8) is 0 Å². The van der Waals surface area contributed by atoms with Crippen LogP contribution in [-0.4, -0.2) is 16.0 Å². The second-order valence-corrected chi connectivity index (χ2v) is 3.49. The lowest BCUT2D eigenvalue weighted by Gasteiger charge is -2.05. The van der Waals surface area contributed by atoms with Crippen LogP contribution >= 0.6 is 0 Å². The monoisotopic (exact) mass is 259 g/mol. The van der Waals surface area contributed by atoms with Crippen molar-refractivity contribution in [2.75, 3.05) is 5.32 Å². The third-order valence-corrected chi connectivity index (χ3v) is 2.14. The molecule has 96 valence electrons. The number of rotatable bonds is 3. The van der Waals surface area contributed by atoms with Gasteiger partial charge in [0.25, 0.3) is 5.69 Å². The van der Waals surface area contributed by atoms with Crippen molar-refractivity contribution in [3.05, 3.63) is 58.8 Å². The highest BCUT2D eigenvalue weighted by Crippen LogP contribution is 2.17. The van der Waals surface area contributed by atoms with E-state index in [9.17, 15) is 14.9 Å². The number of aromatic nitrogens is 1. The van der Waals surface area contributed by atoms with E-state index in [0.717, 1.165) is 0 Å². The first-order valence-corrected chi connectivity index (χ1v) is 5.29. The van der Waals surface area contributed by atoms with Crippen LogP contribution in [0.4, 0.5) is 16.2 Å². The lowest BCUT2D eigenvalue weighted by Crippen LogP contribution is -2.17. The standard InChI is InChI=1S/C12H9N3O4/c16-12(19-11-6-1-2-7-13-11)14-9-4-3-5-10(8-9)15(17)18/h1-8H,(H,14,16). The molecule has 0 aliphatic carbocycles. The van der Waals surface area contributed by atoms with Crippen molar-refractivity contribution in [1.29, 1.82) is 0 Å². The van der Waals surface area contributed by atoms with E-state index < -0.39 is 11.0 Å². The predicted octanol–water partition coefficient (Wildman–Crippen LogP) is 2.60. The molecule has 0 unspecified atom stereocenters.